The zero-order chi connectivity index (χ0) is 11.7. The summed E-state index contributed by atoms with van der Waals surface area (Å²) in [6.07, 6.45) is 0.169. The number of esters is 1. The topological polar surface area (TPSA) is 35.5 Å². The van der Waals surface area contributed by atoms with Gasteiger partial charge in [-0.1, -0.05) is 36.4 Å². The van der Waals surface area contributed by atoms with Crippen molar-refractivity contribution in [1.82, 2.24) is 0 Å². The molecular formula is C14H12O3. The van der Waals surface area contributed by atoms with Crippen LogP contribution in [0, 0.1) is 0 Å². The van der Waals surface area contributed by atoms with Crippen molar-refractivity contribution in [3.05, 3.63) is 42.5 Å². The lowest BCUT2D eigenvalue weighted by Crippen LogP contribution is -2.21. The fraction of sp³-hybridized carbons (Fsp3) is 0.214. The van der Waals surface area contributed by atoms with Gasteiger partial charge in [-0.15, -0.1) is 0 Å². The Kier molecular flexibility index (Phi) is 2.44. The Hall–Kier alpha value is -2.03. The van der Waals surface area contributed by atoms with Crippen molar-refractivity contribution in [2.24, 2.45) is 0 Å². The molecule has 3 heteroatoms. The first kappa shape index (κ1) is 10.1. The lowest BCUT2D eigenvalue weighted by atomic mass is 10.1. The molecule has 2 aromatic carbocycles. The third-order valence-corrected chi connectivity index (χ3v) is 2.91. The second-order valence-electron chi connectivity index (χ2n) is 4.04. The standard InChI is InChI=1S/C14H12O3/c15-14-13(8-9-16-14)17-12-7-3-5-10-4-1-2-6-11(10)12/h1-7,13H,8-9H2. The zero-order valence-corrected chi connectivity index (χ0v) is 9.26. The highest BCUT2D eigenvalue weighted by molar-refractivity contribution is 5.88. The Morgan fingerprint density at radius 1 is 1.12 bits per heavy atom. The van der Waals surface area contributed by atoms with Crippen LogP contribution in [0.4, 0.5) is 0 Å². The number of ether oxygens (including phenoxy) is 2. The van der Waals surface area contributed by atoms with Gasteiger partial charge in [0.25, 0.3) is 0 Å². The molecule has 0 amide bonds. The van der Waals surface area contributed by atoms with Crippen molar-refractivity contribution < 1.29 is 14.3 Å². The molecule has 0 aromatic heterocycles. The van der Waals surface area contributed by atoms with Gasteiger partial charge in [-0.2, -0.15) is 0 Å². The molecule has 1 aliphatic rings. The van der Waals surface area contributed by atoms with E-state index >= 15 is 0 Å². The Bertz CT molecular complexity index is 557. The van der Waals surface area contributed by atoms with Gasteiger partial charge in [0.1, 0.15) is 5.75 Å². The highest BCUT2D eigenvalue weighted by Crippen LogP contribution is 2.27. The number of hydrogen-bond acceptors (Lipinski definition) is 3. The number of rotatable bonds is 2. The normalized spacial score (nSPS) is 19.3. The van der Waals surface area contributed by atoms with Crippen LogP contribution in [0.2, 0.25) is 0 Å². The van der Waals surface area contributed by atoms with Crippen LogP contribution in [0.15, 0.2) is 42.5 Å². The molecule has 1 aliphatic heterocycles. The molecule has 17 heavy (non-hydrogen) atoms. The van der Waals surface area contributed by atoms with Gasteiger partial charge in [0, 0.05) is 11.8 Å². The van der Waals surface area contributed by atoms with Crippen LogP contribution in [0.3, 0.4) is 0 Å². The Labute approximate surface area is 99.0 Å². The van der Waals surface area contributed by atoms with Gasteiger partial charge in [0.05, 0.1) is 6.61 Å². The van der Waals surface area contributed by atoms with E-state index in [0.29, 0.717) is 13.0 Å². The third-order valence-electron chi connectivity index (χ3n) is 2.91. The summed E-state index contributed by atoms with van der Waals surface area (Å²) in [5, 5.41) is 2.13. The SMILES string of the molecule is O=C1OCCC1Oc1cccc2ccccc12. The van der Waals surface area contributed by atoms with Gasteiger partial charge in [0.15, 0.2) is 6.10 Å². The van der Waals surface area contributed by atoms with Crippen LogP contribution < -0.4 is 4.74 Å². The number of fused-ring (bicyclic) bond motifs is 1. The summed E-state index contributed by atoms with van der Waals surface area (Å²) < 4.78 is 10.6. The predicted octanol–water partition coefficient (Wildman–Crippen LogP) is 2.53. The highest BCUT2D eigenvalue weighted by Gasteiger charge is 2.28. The summed E-state index contributed by atoms with van der Waals surface area (Å²) >= 11 is 0. The van der Waals surface area contributed by atoms with Crippen molar-refractivity contribution >= 4 is 16.7 Å². The minimum Gasteiger partial charge on any atom is -0.478 e. The van der Waals surface area contributed by atoms with Crippen molar-refractivity contribution in [1.29, 1.82) is 0 Å². The third kappa shape index (κ3) is 1.84. The number of carbonyl (C=O) groups excluding carboxylic acids is 1. The van der Waals surface area contributed by atoms with E-state index in [4.69, 9.17) is 9.47 Å². The average molecular weight is 228 g/mol. The van der Waals surface area contributed by atoms with E-state index in [9.17, 15) is 4.79 Å². The van der Waals surface area contributed by atoms with Crippen LogP contribution in [-0.4, -0.2) is 18.7 Å². The molecule has 1 atom stereocenters. The van der Waals surface area contributed by atoms with Gasteiger partial charge in [-0.3, -0.25) is 0 Å². The molecule has 86 valence electrons. The molecule has 0 spiro atoms. The minimum atomic E-state index is -0.458. The molecule has 3 rings (SSSR count). The molecule has 0 saturated carbocycles. The van der Waals surface area contributed by atoms with Crippen molar-refractivity contribution in [2.75, 3.05) is 6.61 Å². The van der Waals surface area contributed by atoms with Gasteiger partial charge < -0.3 is 9.47 Å². The molecule has 0 aliphatic carbocycles. The van der Waals surface area contributed by atoms with Gasteiger partial charge in [0.2, 0.25) is 0 Å². The van der Waals surface area contributed by atoms with E-state index in [0.717, 1.165) is 16.5 Å². The van der Waals surface area contributed by atoms with E-state index in [1.807, 2.05) is 42.5 Å². The summed E-state index contributed by atoms with van der Waals surface area (Å²) in [6.45, 7) is 0.453. The van der Waals surface area contributed by atoms with E-state index in [1.54, 1.807) is 0 Å². The smallest absolute Gasteiger partial charge is 0.347 e. The number of carbonyl (C=O) groups is 1. The fourth-order valence-electron chi connectivity index (χ4n) is 2.04. The van der Waals surface area contributed by atoms with E-state index in [2.05, 4.69) is 0 Å². The quantitative estimate of drug-likeness (QED) is 0.741. The molecule has 0 radical (unpaired) electrons. The Balaban J connectivity index is 1.97. The molecule has 2 aromatic rings. The maximum atomic E-state index is 11.4. The molecule has 3 nitrogen and oxygen atoms in total. The first-order valence-corrected chi connectivity index (χ1v) is 5.66. The summed E-state index contributed by atoms with van der Waals surface area (Å²) in [4.78, 5) is 11.4. The maximum Gasteiger partial charge on any atom is 0.347 e. The van der Waals surface area contributed by atoms with Crippen LogP contribution >= 0.6 is 0 Å². The van der Waals surface area contributed by atoms with Crippen molar-refractivity contribution in [2.45, 2.75) is 12.5 Å². The maximum absolute atomic E-state index is 11.4. The second-order valence-corrected chi connectivity index (χ2v) is 4.04. The lowest BCUT2D eigenvalue weighted by Gasteiger charge is -2.12. The average Bonchev–Trinajstić information content (AvgIpc) is 2.76. The summed E-state index contributed by atoms with van der Waals surface area (Å²) in [7, 11) is 0. The van der Waals surface area contributed by atoms with Gasteiger partial charge in [-0.05, 0) is 11.5 Å². The molecule has 1 saturated heterocycles. The molecule has 0 N–H and O–H groups in total. The largest absolute Gasteiger partial charge is 0.478 e. The molecule has 1 fully saturated rings. The van der Waals surface area contributed by atoms with E-state index in [1.165, 1.54) is 0 Å². The fourth-order valence-corrected chi connectivity index (χ4v) is 2.04. The lowest BCUT2D eigenvalue weighted by molar-refractivity contribution is -0.143. The van der Waals surface area contributed by atoms with Crippen molar-refractivity contribution in [3.63, 3.8) is 0 Å². The predicted molar refractivity (Wildman–Crippen MR) is 63.9 cm³/mol. The first-order chi connectivity index (χ1) is 8.34. The van der Waals surface area contributed by atoms with E-state index < -0.39 is 6.10 Å². The molecular weight excluding hydrogens is 216 g/mol. The molecule has 0 bridgehead atoms. The number of benzene rings is 2. The van der Waals surface area contributed by atoms with Crippen LogP contribution in [-0.2, 0) is 9.53 Å². The minimum absolute atomic E-state index is 0.266. The first-order valence-electron chi connectivity index (χ1n) is 5.66. The molecule has 1 heterocycles. The highest BCUT2D eigenvalue weighted by atomic mass is 16.6. The second kappa shape index (κ2) is 4.09. The van der Waals surface area contributed by atoms with E-state index in [-0.39, 0.29) is 5.97 Å². The zero-order valence-electron chi connectivity index (χ0n) is 9.26. The summed E-state index contributed by atoms with van der Waals surface area (Å²) in [5.74, 6) is 0.477. The monoisotopic (exact) mass is 228 g/mol. The van der Waals surface area contributed by atoms with Gasteiger partial charge >= 0.3 is 5.97 Å². The summed E-state index contributed by atoms with van der Waals surface area (Å²) in [6, 6.07) is 13.8. The summed E-state index contributed by atoms with van der Waals surface area (Å²) in [5.41, 5.74) is 0. The van der Waals surface area contributed by atoms with Crippen LogP contribution in [0.1, 0.15) is 6.42 Å². The van der Waals surface area contributed by atoms with Crippen molar-refractivity contribution in [3.8, 4) is 5.75 Å². The Morgan fingerprint density at radius 3 is 2.76 bits per heavy atom. The number of hydrogen-bond donors (Lipinski definition) is 0. The Morgan fingerprint density at radius 2 is 1.94 bits per heavy atom. The van der Waals surface area contributed by atoms with Crippen LogP contribution in [0.25, 0.3) is 10.8 Å². The van der Waals surface area contributed by atoms with Gasteiger partial charge in [-0.25, -0.2) is 4.79 Å². The molecule has 1 unspecified atom stereocenters. The number of cyclic esters (lactones) is 1. The van der Waals surface area contributed by atoms with Crippen LogP contribution in [0.5, 0.6) is 5.75 Å².